The molecule has 3 heterocycles. The molecule has 2 atom stereocenters. The maximum absolute atomic E-state index is 10.9. The van der Waals surface area contributed by atoms with E-state index >= 15 is 0 Å². The molecule has 0 aliphatic carbocycles. The van der Waals surface area contributed by atoms with Gasteiger partial charge >= 0.3 is 0 Å². The number of nitrogens with two attached hydrogens (primary N) is 1. The van der Waals surface area contributed by atoms with Crippen LogP contribution in [-0.2, 0) is 21.9 Å². The number of benzene rings is 1. The van der Waals surface area contributed by atoms with Crippen LogP contribution in [0.2, 0.25) is 0 Å². The molecule has 0 bridgehead atoms. The van der Waals surface area contributed by atoms with Crippen molar-refractivity contribution in [3.8, 4) is 0 Å². The second-order valence-electron chi connectivity index (χ2n) is 6.09. The lowest BCUT2D eigenvalue weighted by molar-refractivity contribution is -0.211. The molecule has 1 saturated heterocycles. The van der Waals surface area contributed by atoms with Gasteiger partial charge in [0.05, 0.1) is 25.5 Å². The summed E-state index contributed by atoms with van der Waals surface area (Å²) in [5, 5.41) is 15.0. The van der Waals surface area contributed by atoms with Gasteiger partial charge in [0.1, 0.15) is 12.0 Å². The minimum Gasteiger partial charge on any atom is -0.381 e. The highest BCUT2D eigenvalue weighted by Gasteiger charge is 2.42. The summed E-state index contributed by atoms with van der Waals surface area (Å²) in [4.78, 5) is 8.07. The molecule has 130 valence electrons. The van der Waals surface area contributed by atoms with Crippen LogP contribution in [0.4, 0.5) is 5.82 Å². The topological polar surface area (TPSA) is 108 Å². The predicted molar refractivity (Wildman–Crippen MR) is 89.3 cm³/mol. The number of nitrogens with zero attached hydrogens (tertiary/aromatic N) is 4. The van der Waals surface area contributed by atoms with E-state index in [1.54, 1.807) is 0 Å². The fourth-order valence-electron chi connectivity index (χ4n) is 3.04. The van der Waals surface area contributed by atoms with E-state index in [0.29, 0.717) is 37.4 Å². The second kappa shape index (κ2) is 6.40. The summed E-state index contributed by atoms with van der Waals surface area (Å²) in [6.07, 6.45) is 3.77. The van der Waals surface area contributed by atoms with Crippen molar-refractivity contribution in [3.63, 3.8) is 0 Å². The van der Waals surface area contributed by atoms with E-state index in [1.165, 1.54) is 17.0 Å². The molecule has 0 saturated carbocycles. The van der Waals surface area contributed by atoms with Gasteiger partial charge in [0, 0.05) is 6.42 Å². The van der Waals surface area contributed by atoms with E-state index in [4.69, 9.17) is 15.2 Å². The molecule has 8 nitrogen and oxygen atoms in total. The number of hydrogen-bond acceptors (Lipinski definition) is 7. The molecule has 1 aliphatic heterocycles. The Morgan fingerprint density at radius 1 is 1.32 bits per heavy atom. The standard InChI is InChI=1S/C17H19N5O3/c18-15-16-19-8-14(22(16)21-11-20-15)17(23)7-6-13(25-17)10-24-9-12-4-2-1-3-5-12/h1-5,8,11,13,23H,6-7,9-10H2,(H2,18,20,21)/t13-,17?/m0/s1. The molecule has 3 aromatic rings. The maximum Gasteiger partial charge on any atom is 0.211 e. The Bertz CT molecular complexity index is 869. The Labute approximate surface area is 144 Å². The van der Waals surface area contributed by atoms with Gasteiger partial charge in [0.2, 0.25) is 5.79 Å². The average Bonchev–Trinajstić information content (AvgIpc) is 3.22. The lowest BCUT2D eigenvalue weighted by Gasteiger charge is -2.22. The van der Waals surface area contributed by atoms with Crippen LogP contribution in [0.3, 0.4) is 0 Å². The zero-order valence-electron chi connectivity index (χ0n) is 13.6. The van der Waals surface area contributed by atoms with Crippen molar-refractivity contribution in [2.24, 2.45) is 0 Å². The summed E-state index contributed by atoms with van der Waals surface area (Å²) >= 11 is 0. The molecular formula is C17H19N5O3. The predicted octanol–water partition coefficient (Wildman–Crippen LogP) is 1.25. The Morgan fingerprint density at radius 3 is 3.00 bits per heavy atom. The van der Waals surface area contributed by atoms with Crippen molar-refractivity contribution in [1.82, 2.24) is 19.6 Å². The fourth-order valence-corrected chi connectivity index (χ4v) is 3.04. The number of ether oxygens (including phenoxy) is 2. The minimum atomic E-state index is -1.46. The van der Waals surface area contributed by atoms with Gasteiger partial charge in [-0.2, -0.15) is 5.10 Å². The van der Waals surface area contributed by atoms with Gasteiger partial charge in [-0.05, 0) is 12.0 Å². The zero-order valence-corrected chi connectivity index (χ0v) is 13.6. The second-order valence-corrected chi connectivity index (χ2v) is 6.09. The quantitative estimate of drug-likeness (QED) is 0.719. The summed E-state index contributed by atoms with van der Waals surface area (Å²) in [5.74, 6) is -1.20. The molecule has 0 spiro atoms. The number of nitrogen functional groups attached to an aromatic ring is 1. The Balaban J connectivity index is 1.43. The Kier molecular flexibility index (Phi) is 4.08. The summed E-state index contributed by atoms with van der Waals surface area (Å²) < 4.78 is 13.0. The summed E-state index contributed by atoms with van der Waals surface area (Å²) in [6.45, 7) is 0.920. The Hall–Kier alpha value is -2.55. The van der Waals surface area contributed by atoms with Gasteiger partial charge in [-0.3, -0.25) is 0 Å². The summed E-state index contributed by atoms with van der Waals surface area (Å²) in [6, 6.07) is 9.93. The SMILES string of the molecule is Nc1ncnn2c(C3(O)CC[C@@H](COCc4ccccc4)O3)cnc12. The van der Waals surface area contributed by atoms with Crippen LogP contribution in [0.1, 0.15) is 24.1 Å². The van der Waals surface area contributed by atoms with Crippen molar-refractivity contribution in [3.05, 3.63) is 54.1 Å². The summed E-state index contributed by atoms with van der Waals surface area (Å²) in [7, 11) is 0. The molecule has 0 radical (unpaired) electrons. The number of rotatable bonds is 5. The van der Waals surface area contributed by atoms with Crippen LogP contribution >= 0.6 is 0 Å². The van der Waals surface area contributed by atoms with Crippen LogP contribution in [0.25, 0.3) is 5.65 Å². The van der Waals surface area contributed by atoms with Crippen molar-refractivity contribution in [1.29, 1.82) is 0 Å². The molecule has 3 N–H and O–H groups in total. The molecule has 1 aromatic carbocycles. The largest absolute Gasteiger partial charge is 0.381 e. The number of anilines is 1. The van der Waals surface area contributed by atoms with Gasteiger partial charge < -0.3 is 20.3 Å². The molecule has 4 rings (SSSR count). The lowest BCUT2D eigenvalue weighted by Crippen LogP contribution is -2.29. The van der Waals surface area contributed by atoms with Crippen LogP contribution in [0, 0.1) is 0 Å². The van der Waals surface area contributed by atoms with Crippen LogP contribution in [-0.4, -0.2) is 37.4 Å². The molecule has 1 aliphatic rings. The smallest absolute Gasteiger partial charge is 0.211 e. The molecule has 1 fully saturated rings. The monoisotopic (exact) mass is 341 g/mol. The van der Waals surface area contributed by atoms with E-state index in [0.717, 1.165) is 5.56 Å². The fraction of sp³-hybridized carbons (Fsp3) is 0.353. The first-order valence-electron chi connectivity index (χ1n) is 8.12. The maximum atomic E-state index is 10.9. The van der Waals surface area contributed by atoms with Gasteiger partial charge in [-0.15, -0.1) is 0 Å². The first-order valence-corrected chi connectivity index (χ1v) is 8.12. The molecule has 25 heavy (non-hydrogen) atoms. The number of aromatic nitrogens is 4. The van der Waals surface area contributed by atoms with E-state index in [-0.39, 0.29) is 11.9 Å². The van der Waals surface area contributed by atoms with E-state index in [2.05, 4.69) is 15.1 Å². The molecule has 0 amide bonds. The van der Waals surface area contributed by atoms with Crippen molar-refractivity contribution >= 4 is 11.5 Å². The first kappa shape index (κ1) is 15.9. The number of imidazole rings is 1. The Morgan fingerprint density at radius 2 is 2.16 bits per heavy atom. The van der Waals surface area contributed by atoms with E-state index in [1.807, 2.05) is 30.3 Å². The normalized spacial score (nSPS) is 23.3. The number of hydrogen-bond donors (Lipinski definition) is 2. The third kappa shape index (κ3) is 3.07. The lowest BCUT2D eigenvalue weighted by atomic mass is 10.1. The first-order chi connectivity index (χ1) is 12.2. The highest BCUT2D eigenvalue weighted by molar-refractivity contribution is 5.58. The molecule has 1 unspecified atom stereocenters. The van der Waals surface area contributed by atoms with Gasteiger partial charge in [-0.25, -0.2) is 14.5 Å². The molecular weight excluding hydrogens is 322 g/mol. The number of aliphatic hydroxyl groups is 1. The number of fused-ring (bicyclic) bond motifs is 1. The average molecular weight is 341 g/mol. The van der Waals surface area contributed by atoms with Crippen molar-refractivity contribution in [2.75, 3.05) is 12.3 Å². The van der Waals surface area contributed by atoms with Gasteiger partial charge in [0.25, 0.3) is 0 Å². The van der Waals surface area contributed by atoms with E-state index < -0.39 is 5.79 Å². The van der Waals surface area contributed by atoms with E-state index in [9.17, 15) is 5.11 Å². The van der Waals surface area contributed by atoms with Crippen LogP contribution in [0.15, 0.2) is 42.9 Å². The summed E-state index contributed by atoms with van der Waals surface area (Å²) in [5.41, 5.74) is 7.73. The third-order valence-electron chi connectivity index (χ3n) is 4.31. The zero-order chi connectivity index (χ0) is 17.3. The molecule has 2 aromatic heterocycles. The van der Waals surface area contributed by atoms with Crippen LogP contribution < -0.4 is 5.73 Å². The highest BCUT2D eigenvalue weighted by atomic mass is 16.6. The highest BCUT2D eigenvalue weighted by Crippen LogP contribution is 2.37. The van der Waals surface area contributed by atoms with Gasteiger partial charge in [-0.1, -0.05) is 30.3 Å². The van der Waals surface area contributed by atoms with Crippen LogP contribution in [0.5, 0.6) is 0 Å². The molecule has 8 heteroatoms. The third-order valence-corrected chi connectivity index (χ3v) is 4.31. The van der Waals surface area contributed by atoms with Gasteiger partial charge in [0.15, 0.2) is 11.5 Å². The van der Waals surface area contributed by atoms with Crippen molar-refractivity contribution < 1.29 is 14.6 Å². The minimum absolute atomic E-state index is 0.196. The van der Waals surface area contributed by atoms with Crippen molar-refractivity contribution in [2.45, 2.75) is 31.3 Å².